The fourth-order valence-corrected chi connectivity index (χ4v) is 7.34. The van der Waals surface area contributed by atoms with Crippen molar-refractivity contribution < 1.29 is 38.7 Å². The predicted octanol–water partition coefficient (Wildman–Crippen LogP) is 1.67. The zero-order chi connectivity index (χ0) is 22.1. The van der Waals surface area contributed by atoms with Crippen LogP contribution in [0.25, 0.3) is 0 Å². The number of aliphatic hydroxyl groups excluding tert-OH is 1. The molecule has 4 aliphatic rings. The van der Waals surface area contributed by atoms with Crippen LogP contribution >= 0.6 is 7.82 Å². The van der Waals surface area contributed by atoms with Crippen LogP contribution in [0.5, 0.6) is 0 Å². The van der Waals surface area contributed by atoms with Crippen molar-refractivity contribution in [3.05, 3.63) is 23.8 Å². The van der Waals surface area contributed by atoms with Gasteiger partial charge in [-0.25, -0.2) is 4.57 Å². The van der Waals surface area contributed by atoms with E-state index in [1.165, 1.54) is 0 Å². The topological polar surface area (TPSA) is 141 Å². The summed E-state index contributed by atoms with van der Waals surface area (Å²) in [5.41, 5.74) is -2.15. The zero-order valence-electron chi connectivity index (χ0n) is 17.2. The molecule has 7 atom stereocenters. The molecule has 0 radical (unpaired) electrons. The Labute approximate surface area is 175 Å². The van der Waals surface area contributed by atoms with Gasteiger partial charge in [-0.3, -0.25) is 14.1 Å². The van der Waals surface area contributed by atoms with Gasteiger partial charge in [0.2, 0.25) is 0 Å². The molecule has 0 spiro atoms. The number of Topliss-reactive ketones (excluding diaryl/α,β-unsaturated/α-hetero) is 1. The quantitative estimate of drug-likeness (QED) is 0.484. The van der Waals surface area contributed by atoms with Gasteiger partial charge in [-0.2, -0.15) is 0 Å². The number of carbonyl (C=O) groups is 2. The van der Waals surface area contributed by atoms with E-state index in [0.29, 0.717) is 6.42 Å². The third kappa shape index (κ3) is 3.12. The normalized spacial score (nSPS) is 45.4. The molecule has 0 amide bonds. The SMILES string of the molecule is C[C@]12C=CC(=O)C=C1CC[C@H]1[C@H]2[C@@H](O)C[C@]2(C)[C@@H]1CC[C@@]2(O)C(=O)COP(=O)(O)O. The molecule has 9 heteroatoms. The second-order valence-corrected chi connectivity index (χ2v) is 11.0. The van der Waals surface area contributed by atoms with Gasteiger partial charge in [0.15, 0.2) is 11.6 Å². The smallest absolute Gasteiger partial charge is 0.393 e. The van der Waals surface area contributed by atoms with E-state index in [0.717, 1.165) is 18.4 Å². The number of fused-ring (bicyclic) bond motifs is 5. The number of rotatable bonds is 4. The van der Waals surface area contributed by atoms with Crippen molar-refractivity contribution in [1.29, 1.82) is 0 Å². The summed E-state index contributed by atoms with van der Waals surface area (Å²) in [6.07, 6.45) is 6.76. The Hall–Kier alpha value is -1.15. The molecule has 0 saturated heterocycles. The van der Waals surface area contributed by atoms with Gasteiger partial charge in [0.05, 0.1) is 6.10 Å². The largest absolute Gasteiger partial charge is 0.470 e. The maximum Gasteiger partial charge on any atom is 0.470 e. The van der Waals surface area contributed by atoms with Gasteiger partial charge in [-0.05, 0) is 56.1 Å². The lowest BCUT2D eigenvalue weighted by atomic mass is 9.46. The van der Waals surface area contributed by atoms with Crippen molar-refractivity contribution in [3.8, 4) is 0 Å². The first kappa shape index (κ1) is 22.1. The number of allylic oxidation sites excluding steroid dienone is 4. The highest BCUT2D eigenvalue weighted by molar-refractivity contribution is 7.46. The van der Waals surface area contributed by atoms with Crippen LogP contribution in [0.2, 0.25) is 0 Å². The number of phosphoric acid groups is 1. The minimum absolute atomic E-state index is 0.0284. The average molecular weight is 440 g/mol. The van der Waals surface area contributed by atoms with E-state index >= 15 is 0 Å². The van der Waals surface area contributed by atoms with Gasteiger partial charge in [0.1, 0.15) is 12.2 Å². The van der Waals surface area contributed by atoms with Crippen LogP contribution < -0.4 is 0 Å². The lowest BCUT2D eigenvalue weighted by molar-refractivity contribution is -0.178. The van der Waals surface area contributed by atoms with Gasteiger partial charge in [-0.15, -0.1) is 0 Å². The Kier molecular flexibility index (Phi) is 5.09. The van der Waals surface area contributed by atoms with Crippen LogP contribution in [0, 0.1) is 28.6 Å². The molecule has 0 aromatic rings. The highest BCUT2D eigenvalue weighted by Crippen LogP contribution is 2.67. The van der Waals surface area contributed by atoms with Crippen LogP contribution in [-0.4, -0.2) is 49.9 Å². The first-order valence-electron chi connectivity index (χ1n) is 10.4. The molecule has 4 N–H and O–H groups in total. The molecule has 0 heterocycles. The summed E-state index contributed by atoms with van der Waals surface area (Å²) in [4.78, 5) is 42.5. The Morgan fingerprint density at radius 3 is 2.67 bits per heavy atom. The number of carbonyl (C=O) groups excluding carboxylic acids is 2. The van der Waals surface area contributed by atoms with Crippen LogP contribution in [0.3, 0.4) is 0 Å². The molecule has 3 saturated carbocycles. The molecule has 0 bridgehead atoms. The molecule has 166 valence electrons. The number of hydrogen-bond acceptors (Lipinski definition) is 6. The van der Waals surface area contributed by atoms with Crippen LogP contribution in [0.1, 0.15) is 46.0 Å². The second kappa shape index (κ2) is 6.92. The summed E-state index contributed by atoms with van der Waals surface area (Å²) in [5.74, 6) is -0.888. The van der Waals surface area contributed by atoms with Gasteiger partial charge >= 0.3 is 7.82 Å². The molecule has 0 aromatic heterocycles. The van der Waals surface area contributed by atoms with Crippen molar-refractivity contribution in [2.75, 3.05) is 6.61 Å². The molecule has 0 unspecified atom stereocenters. The predicted molar refractivity (Wildman–Crippen MR) is 106 cm³/mol. The average Bonchev–Trinajstić information content (AvgIpc) is 2.91. The summed E-state index contributed by atoms with van der Waals surface area (Å²) in [6, 6.07) is 0. The summed E-state index contributed by atoms with van der Waals surface area (Å²) >= 11 is 0. The van der Waals surface area contributed by atoms with Crippen molar-refractivity contribution in [1.82, 2.24) is 0 Å². The minimum atomic E-state index is -4.84. The van der Waals surface area contributed by atoms with Crippen molar-refractivity contribution in [2.45, 2.75) is 57.7 Å². The third-order valence-corrected chi connectivity index (χ3v) is 8.94. The van der Waals surface area contributed by atoms with Gasteiger partial charge in [0, 0.05) is 16.7 Å². The monoisotopic (exact) mass is 440 g/mol. The van der Waals surface area contributed by atoms with E-state index in [9.17, 15) is 24.4 Å². The van der Waals surface area contributed by atoms with Crippen molar-refractivity contribution in [3.63, 3.8) is 0 Å². The summed E-state index contributed by atoms with van der Waals surface area (Å²) in [6.45, 7) is 2.97. The fourth-order valence-electron chi connectivity index (χ4n) is 7.05. The third-order valence-electron chi connectivity index (χ3n) is 8.47. The highest BCUT2D eigenvalue weighted by Gasteiger charge is 2.68. The Bertz CT molecular complexity index is 889. The fraction of sp³-hybridized carbons (Fsp3) is 0.714. The van der Waals surface area contributed by atoms with Crippen LogP contribution in [0.15, 0.2) is 23.8 Å². The van der Waals surface area contributed by atoms with E-state index in [4.69, 9.17) is 9.79 Å². The summed E-state index contributed by atoms with van der Waals surface area (Å²) in [7, 11) is -4.84. The molecular weight excluding hydrogens is 411 g/mol. The molecule has 0 aliphatic heterocycles. The van der Waals surface area contributed by atoms with E-state index in [1.807, 2.05) is 13.0 Å². The molecule has 4 aliphatic carbocycles. The van der Waals surface area contributed by atoms with E-state index in [-0.39, 0.29) is 36.4 Å². The first-order valence-corrected chi connectivity index (χ1v) is 11.9. The number of ketones is 2. The van der Waals surface area contributed by atoms with Gasteiger partial charge in [0.25, 0.3) is 0 Å². The van der Waals surface area contributed by atoms with Crippen molar-refractivity contribution >= 4 is 19.4 Å². The minimum Gasteiger partial charge on any atom is -0.393 e. The molecule has 0 aromatic carbocycles. The standard InChI is InChI=1S/C21H29O8P/c1-19-7-5-13(22)9-12(19)3-4-14-15-6-8-21(25,17(24)11-29-30(26,27)28)20(15,2)10-16(23)18(14)19/h5,7,9,14-16,18,23,25H,3-4,6,8,10-11H2,1-2H3,(H2,26,27,28)/t14-,15-,16+,18+,19+,20-,21-/m1/s1. The molecule has 3 fully saturated rings. The maximum atomic E-state index is 12.8. The summed E-state index contributed by atoms with van der Waals surface area (Å²) in [5, 5.41) is 22.6. The number of hydrogen-bond donors (Lipinski definition) is 4. The van der Waals surface area contributed by atoms with Crippen LogP contribution in [0.4, 0.5) is 0 Å². The lowest BCUT2D eigenvalue weighted by Crippen LogP contribution is -2.61. The Morgan fingerprint density at radius 2 is 2.00 bits per heavy atom. The Balaban J connectivity index is 1.65. The summed E-state index contributed by atoms with van der Waals surface area (Å²) < 4.78 is 15.4. The second-order valence-electron chi connectivity index (χ2n) is 9.80. The van der Waals surface area contributed by atoms with E-state index in [1.54, 1.807) is 19.1 Å². The molecular formula is C21H29O8P. The van der Waals surface area contributed by atoms with E-state index < -0.39 is 42.7 Å². The van der Waals surface area contributed by atoms with E-state index in [2.05, 4.69) is 4.52 Å². The molecule has 4 rings (SSSR count). The first-order chi connectivity index (χ1) is 13.8. The van der Waals surface area contributed by atoms with Crippen LogP contribution in [-0.2, 0) is 18.7 Å². The highest BCUT2D eigenvalue weighted by atomic mass is 31.2. The lowest BCUT2D eigenvalue weighted by Gasteiger charge is -2.59. The maximum absolute atomic E-state index is 12.8. The zero-order valence-corrected chi connectivity index (χ0v) is 18.0. The molecule has 8 nitrogen and oxygen atoms in total. The van der Waals surface area contributed by atoms with Gasteiger partial charge < -0.3 is 20.0 Å². The molecule has 30 heavy (non-hydrogen) atoms. The number of phosphoric ester groups is 1. The van der Waals surface area contributed by atoms with Crippen molar-refractivity contribution in [2.24, 2.45) is 28.6 Å². The van der Waals surface area contributed by atoms with Gasteiger partial charge in [-0.1, -0.05) is 25.5 Å². The Morgan fingerprint density at radius 1 is 1.30 bits per heavy atom. The number of aliphatic hydroxyl groups is 2.